The SMILES string of the molecule is CCCCCN(C)C(=O)c1ccnc(Br)c1. The minimum absolute atomic E-state index is 0.0548. The maximum atomic E-state index is 12.0. The quantitative estimate of drug-likeness (QED) is 0.615. The maximum absolute atomic E-state index is 12.0. The van der Waals surface area contributed by atoms with Crippen molar-refractivity contribution in [3.8, 4) is 0 Å². The fraction of sp³-hybridized carbons (Fsp3) is 0.500. The van der Waals surface area contributed by atoms with E-state index in [4.69, 9.17) is 0 Å². The van der Waals surface area contributed by atoms with E-state index in [1.165, 1.54) is 6.42 Å². The van der Waals surface area contributed by atoms with Crippen molar-refractivity contribution in [2.24, 2.45) is 0 Å². The van der Waals surface area contributed by atoms with Crippen molar-refractivity contribution in [3.05, 3.63) is 28.5 Å². The summed E-state index contributed by atoms with van der Waals surface area (Å²) in [5, 5.41) is 0. The third-order valence-electron chi connectivity index (χ3n) is 2.42. The number of carbonyl (C=O) groups is 1. The van der Waals surface area contributed by atoms with Gasteiger partial charge in [-0.05, 0) is 34.5 Å². The molecule has 0 aliphatic rings. The van der Waals surface area contributed by atoms with E-state index < -0.39 is 0 Å². The molecule has 88 valence electrons. The van der Waals surface area contributed by atoms with E-state index in [-0.39, 0.29) is 5.91 Å². The first-order valence-electron chi connectivity index (χ1n) is 5.52. The van der Waals surface area contributed by atoms with E-state index in [2.05, 4.69) is 27.8 Å². The lowest BCUT2D eigenvalue weighted by atomic mass is 10.2. The van der Waals surface area contributed by atoms with Crippen LogP contribution in [0.15, 0.2) is 22.9 Å². The summed E-state index contributed by atoms with van der Waals surface area (Å²) in [5.74, 6) is 0.0548. The Morgan fingerprint density at radius 2 is 2.25 bits per heavy atom. The van der Waals surface area contributed by atoms with Gasteiger partial charge in [0.2, 0.25) is 0 Å². The topological polar surface area (TPSA) is 33.2 Å². The van der Waals surface area contributed by atoms with Gasteiger partial charge < -0.3 is 4.90 Å². The van der Waals surface area contributed by atoms with E-state index in [9.17, 15) is 4.79 Å². The molecule has 0 aromatic carbocycles. The first-order valence-corrected chi connectivity index (χ1v) is 6.31. The van der Waals surface area contributed by atoms with E-state index in [0.717, 1.165) is 19.4 Å². The highest BCUT2D eigenvalue weighted by Gasteiger charge is 2.11. The first kappa shape index (κ1) is 13.2. The smallest absolute Gasteiger partial charge is 0.253 e. The van der Waals surface area contributed by atoms with Crippen LogP contribution in [0, 0.1) is 0 Å². The van der Waals surface area contributed by atoms with Gasteiger partial charge >= 0.3 is 0 Å². The molecule has 1 rings (SSSR count). The predicted octanol–water partition coefficient (Wildman–Crippen LogP) is 3.11. The van der Waals surface area contributed by atoms with Gasteiger partial charge in [0.15, 0.2) is 0 Å². The summed E-state index contributed by atoms with van der Waals surface area (Å²) >= 11 is 3.26. The Labute approximate surface area is 105 Å². The summed E-state index contributed by atoms with van der Waals surface area (Å²) in [7, 11) is 1.84. The molecule has 0 bridgehead atoms. The number of hydrogen-bond donors (Lipinski definition) is 0. The summed E-state index contributed by atoms with van der Waals surface area (Å²) in [5.41, 5.74) is 0.681. The third-order valence-corrected chi connectivity index (χ3v) is 2.85. The highest BCUT2D eigenvalue weighted by atomic mass is 79.9. The molecular weight excluding hydrogens is 268 g/mol. The van der Waals surface area contributed by atoms with Crippen LogP contribution in [0.5, 0.6) is 0 Å². The molecule has 0 aliphatic carbocycles. The van der Waals surface area contributed by atoms with Crippen LogP contribution in [0.4, 0.5) is 0 Å². The number of pyridine rings is 1. The second-order valence-electron chi connectivity index (χ2n) is 3.80. The monoisotopic (exact) mass is 284 g/mol. The number of carbonyl (C=O) groups excluding carboxylic acids is 1. The fourth-order valence-corrected chi connectivity index (χ4v) is 1.82. The van der Waals surface area contributed by atoms with Gasteiger partial charge in [-0.1, -0.05) is 19.8 Å². The number of aromatic nitrogens is 1. The molecule has 0 atom stereocenters. The highest BCUT2D eigenvalue weighted by molar-refractivity contribution is 9.10. The van der Waals surface area contributed by atoms with Gasteiger partial charge in [-0.2, -0.15) is 0 Å². The van der Waals surface area contributed by atoms with Crippen molar-refractivity contribution in [2.75, 3.05) is 13.6 Å². The minimum atomic E-state index is 0.0548. The number of halogens is 1. The lowest BCUT2D eigenvalue weighted by molar-refractivity contribution is 0.0792. The van der Waals surface area contributed by atoms with Crippen molar-refractivity contribution in [1.82, 2.24) is 9.88 Å². The van der Waals surface area contributed by atoms with E-state index in [1.807, 2.05) is 7.05 Å². The Kier molecular flexibility index (Phi) is 5.46. The zero-order valence-corrected chi connectivity index (χ0v) is 11.3. The first-order chi connectivity index (χ1) is 7.65. The Bertz CT molecular complexity index is 355. The largest absolute Gasteiger partial charge is 0.342 e. The average Bonchev–Trinajstić information content (AvgIpc) is 2.28. The van der Waals surface area contributed by atoms with Crippen LogP contribution in [0.3, 0.4) is 0 Å². The van der Waals surface area contributed by atoms with Gasteiger partial charge in [0, 0.05) is 25.4 Å². The van der Waals surface area contributed by atoms with Crippen molar-refractivity contribution >= 4 is 21.8 Å². The Balaban J connectivity index is 2.56. The molecule has 0 spiro atoms. The summed E-state index contributed by atoms with van der Waals surface area (Å²) in [4.78, 5) is 17.7. The normalized spacial score (nSPS) is 10.2. The molecule has 1 amide bonds. The lowest BCUT2D eigenvalue weighted by Gasteiger charge is -2.16. The van der Waals surface area contributed by atoms with E-state index in [1.54, 1.807) is 23.2 Å². The summed E-state index contributed by atoms with van der Waals surface area (Å²) < 4.78 is 0.695. The zero-order valence-electron chi connectivity index (χ0n) is 9.74. The summed E-state index contributed by atoms with van der Waals surface area (Å²) in [6.07, 6.45) is 5.03. The van der Waals surface area contributed by atoms with Gasteiger partial charge in [-0.15, -0.1) is 0 Å². The average molecular weight is 285 g/mol. The molecule has 1 aromatic heterocycles. The highest BCUT2D eigenvalue weighted by Crippen LogP contribution is 2.10. The molecule has 0 radical (unpaired) electrons. The molecule has 0 N–H and O–H groups in total. The summed E-state index contributed by atoms with van der Waals surface area (Å²) in [6.45, 7) is 2.97. The molecule has 0 saturated heterocycles. The maximum Gasteiger partial charge on any atom is 0.253 e. The van der Waals surface area contributed by atoms with Crippen molar-refractivity contribution in [2.45, 2.75) is 26.2 Å². The molecule has 0 unspecified atom stereocenters. The van der Waals surface area contributed by atoms with Crippen molar-refractivity contribution in [1.29, 1.82) is 0 Å². The number of amides is 1. The Hall–Kier alpha value is -0.900. The second-order valence-corrected chi connectivity index (χ2v) is 4.61. The third kappa shape index (κ3) is 3.93. The van der Waals surface area contributed by atoms with Crippen LogP contribution >= 0.6 is 15.9 Å². The standard InChI is InChI=1S/C12H17BrN2O/c1-3-4-5-8-15(2)12(16)10-6-7-14-11(13)9-10/h6-7,9H,3-5,8H2,1-2H3. The van der Waals surface area contributed by atoms with Crippen LogP contribution in [0.25, 0.3) is 0 Å². The van der Waals surface area contributed by atoms with Crippen LogP contribution in [-0.4, -0.2) is 29.4 Å². The molecule has 1 heterocycles. The Morgan fingerprint density at radius 3 is 2.88 bits per heavy atom. The molecule has 0 aliphatic heterocycles. The second kappa shape index (κ2) is 6.63. The van der Waals surface area contributed by atoms with Gasteiger partial charge in [0.25, 0.3) is 5.91 Å². The fourth-order valence-electron chi connectivity index (χ4n) is 1.46. The van der Waals surface area contributed by atoms with Crippen molar-refractivity contribution < 1.29 is 4.79 Å². The molecule has 0 saturated carbocycles. The van der Waals surface area contributed by atoms with Gasteiger partial charge in [-0.25, -0.2) is 4.98 Å². The van der Waals surface area contributed by atoms with Gasteiger partial charge in [0.05, 0.1) is 0 Å². The van der Waals surface area contributed by atoms with Crippen LogP contribution in [0.2, 0.25) is 0 Å². The van der Waals surface area contributed by atoms with Crippen LogP contribution in [-0.2, 0) is 0 Å². The number of rotatable bonds is 5. The minimum Gasteiger partial charge on any atom is -0.342 e. The summed E-state index contributed by atoms with van der Waals surface area (Å²) in [6, 6.07) is 3.49. The molecule has 4 heteroatoms. The van der Waals surface area contributed by atoms with Crippen LogP contribution < -0.4 is 0 Å². The van der Waals surface area contributed by atoms with Gasteiger partial charge in [-0.3, -0.25) is 4.79 Å². The molecule has 1 aromatic rings. The molecular formula is C12H17BrN2O. The van der Waals surface area contributed by atoms with Crippen LogP contribution in [0.1, 0.15) is 36.5 Å². The molecule has 0 fully saturated rings. The van der Waals surface area contributed by atoms with E-state index >= 15 is 0 Å². The number of hydrogen-bond acceptors (Lipinski definition) is 2. The molecule has 3 nitrogen and oxygen atoms in total. The van der Waals surface area contributed by atoms with E-state index in [0.29, 0.717) is 10.2 Å². The molecule has 16 heavy (non-hydrogen) atoms. The predicted molar refractivity (Wildman–Crippen MR) is 68.4 cm³/mol. The zero-order chi connectivity index (χ0) is 12.0. The van der Waals surface area contributed by atoms with Crippen molar-refractivity contribution in [3.63, 3.8) is 0 Å². The van der Waals surface area contributed by atoms with Gasteiger partial charge in [0.1, 0.15) is 4.60 Å². The lowest BCUT2D eigenvalue weighted by Crippen LogP contribution is -2.27. The Morgan fingerprint density at radius 1 is 1.50 bits per heavy atom. The number of unbranched alkanes of at least 4 members (excludes halogenated alkanes) is 2. The number of nitrogens with zero attached hydrogens (tertiary/aromatic N) is 2.